The molecule has 0 aliphatic rings. The van der Waals surface area contributed by atoms with E-state index in [0.29, 0.717) is 17.4 Å². The van der Waals surface area contributed by atoms with Crippen molar-refractivity contribution in [3.05, 3.63) is 24.5 Å². The molecule has 0 saturated heterocycles. The second kappa shape index (κ2) is 4.58. The molecule has 2 aromatic rings. The number of nitrogens with one attached hydrogen (secondary N) is 1. The van der Waals surface area contributed by atoms with Gasteiger partial charge >= 0.3 is 0 Å². The van der Waals surface area contributed by atoms with Crippen molar-refractivity contribution in [3.8, 4) is 11.5 Å². The van der Waals surface area contributed by atoms with Crippen LogP contribution in [0.1, 0.15) is 26.7 Å². The molecule has 2 aromatic heterocycles. The SMILES string of the molecule is CCNC(C)(C)c1nc(-c2ccncn2)no1. The van der Waals surface area contributed by atoms with Crippen molar-refractivity contribution in [1.82, 2.24) is 25.4 Å². The molecule has 0 spiro atoms. The van der Waals surface area contributed by atoms with E-state index in [4.69, 9.17) is 4.52 Å². The van der Waals surface area contributed by atoms with Crippen LogP contribution in [0, 0.1) is 0 Å². The van der Waals surface area contributed by atoms with Crippen LogP contribution in [0.2, 0.25) is 0 Å². The van der Waals surface area contributed by atoms with Crippen LogP contribution in [0.25, 0.3) is 11.5 Å². The number of rotatable bonds is 4. The van der Waals surface area contributed by atoms with Crippen LogP contribution in [0.5, 0.6) is 0 Å². The molecule has 6 heteroatoms. The zero-order valence-electron chi connectivity index (χ0n) is 10.1. The third-order valence-electron chi connectivity index (χ3n) is 2.39. The number of hydrogen-bond acceptors (Lipinski definition) is 6. The van der Waals surface area contributed by atoms with Gasteiger partial charge in [-0.15, -0.1) is 0 Å². The molecule has 0 aromatic carbocycles. The third kappa shape index (κ3) is 2.47. The van der Waals surface area contributed by atoms with E-state index in [9.17, 15) is 0 Å². The summed E-state index contributed by atoms with van der Waals surface area (Å²) in [5, 5.41) is 7.19. The van der Waals surface area contributed by atoms with Gasteiger partial charge in [0.05, 0.1) is 5.54 Å². The maximum Gasteiger partial charge on any atom is 0.246 e. The summed E-state index contributed by atoms with van der Waals surface area (Å²) in [5.41, 5.74) is 0.315. The third-order valence-corrected chi connectivity index (χ3v) is 2.39. The first-order valence-corrected chi connectivity index (χ1v) is 5.49. The quantitative estimate of drug-likeness (QED) is 0.859. The Morgan fingerprint density at radius 3 is 2.88 bits per heavy atom. The van der Waals surface area contributed by atoms with E-state index in [1.165, 1.54) is 6.33 Å². The van der Waals surface area contributed by atoms with Gasteiger partial charge in [0.1, 0.15) is 12.0 Å². The molecule has 0 saturated carbocycles. The van der Waals surface area contributed by atoms with Crippen molar-refractivity contribution in [1.29, 1.82) is 0 Å². The standard InChI is InChI=1S/C11H15N5O/c1-4-14-11(2,3)10-15-9(16-17-10)8-5-6-12-7-13-8/h5-7,14H,4H2,1-3H3. The fraction of sp³-hybridized carbons (Fsp3) is 0.455. The fourth-order valence-electron chi connectivity index (χ4n) is 1.52. The Morgan fingerprint density at radius 1 is 1.41 bits per heavy atom. The van der Waals surface area contributed by atoms with Gasteiger partial charge < -0.3 is 9.84 Å². The zero-order chi connectivity index (χ0) is 12.3. The van der Waals surface area contributed by atoms with Gasteiger partial charge in [-0.2, -0.15) is 4.98 Å². The molecule has 17 heavy (non-hydrogen) atoms. The monoisotopic (exact) mass is 233 g/mol. The summed E-state index contributed by atoms with van der Waals surface area (Å²) in [5.74, 6) is 1.03. The van der Waals surface area contributed by atoms with E-state index in [0.717, 1.165) is 6.54 Å². The van der Waals surface area contributed by atoms with Crippen LogP contribution in [0.15, 0.2) is 23.1 Å². The van der Waals surface area contributed by atoms with E-state index in [1.54, 1.807) is 12.3 Å². The molecule has 0 radical (unpaired) electrons. The molecule has 6 nitrogen and oxygen atoms in total. The molecule has 0 aliphatic heterocycles. The maximum absolute atomic E-state index is 5.25. The number of nitrogens with zero attached hydrogens (tertiary/aromatic N) is 4. The number of aromatic nitrogens is 4. The second-order valence-corrected chi connectivity index (χ2v) is 4.17. The fourth-order valence-corrected chi connectivity index (χ4v) is 1.52. The van der Waals surface area contributed by atoms with Crippen molar-refractivity contribution in [2.75, 3.05) is 6.54 Å². The van der Waals surface area contributed by atoms with Gasteiger partial charge in [0.15, 0.2) is 0 Å². The van der Waals surface area contributed by atoms with E-state index >= 15 is 0 Å². The lowest BCUT2D eigenvalue weighted by Crippen LogP contribution is -2.36. The summed E-state index contributed by atoms with van der Waals surface area (Å²) in [6.07, 6.45) is 3.11. The highest BCUT2D eigenvalue weighted by molar-refractivity contribution is 5.46. The van der Waals surface area contributed by atoms with Crippen LogP contribution in [-0.2, 0) is 5.54 Å². The molecule has 1 N–H and O–H groups in total. The van der Waals surface area contributed by atoms with Gasteiger partial charge in [0.2, 0.25) is 11.7 Å². The first-order chi connectivity index (χ1) is 8.13. The molecular weight excluding hydrogens is 218 g/mol. The first kappa shape index (κ1) is 11.7. The average Bonchev–Trinajstić information content (AvgIpc) is 2.80. The van der Waals surface area contributed by atoms with E-state index in [1.807, 2.05) is 20.8 Å². The minimum atomic E-state index is -0.340. The normalized spacial score (nSPS) is 11.7. The van der Waals surface area contributed by atoms with Crippen LogP contribution >= 0.6 is 0 Å². The van der Waals surface area contributed by atoms with Crippen molar-refractivity contribution in [2.24, 2.45) is 0 Å². The van der Waals surface area contributed by atoms with Crippen LogP contribution in [0.3, 0.4) is 0 Å². The van der Waals surface area contributed by atoms with Crippen LogP contribution in [-0.4, -0.2) is 26.7 Å². The highest BCUT2D eigenvalue weighted by atomic mass is 16.5. The van der Waals surface area contributed by atoms with Gasteiger partial charge in [-0.05, 0) is 26.5 Å². The average molecular weight is 233 g/mol. The van der Waals surface area contributed by atoms with Crippen LogP contribution < -0.4 is 5.32 Å². The van der Waals surface area contributed by atoms with E-state index in [-0.39, 0.29) is 5.54 Å². The molecule has 0 atom stereocenters. The highest BCUT2D eigenvalue weighted by Crippen LogP contribution is 2.20. The van der Waals surface area contributed by atoms with Crippen LogP contribution in [0.4, 0.5) is 0 Å². The summed E-state index contributed by atoms with van der Waals surface area (Å²) >= 11 is 0. The highest BCUT2D eigenvalue weighted by Gasteiger charge is 2.26. The summed E-state index contributed by atoms with van der Waals surface area (Å²) in [6, 6.07) is 1.74. The van der Waals surface area contributed by atoms with Crippen molar-refractivity contribution in [3.63, 3.8) is 0 Å². The minimum Gasteiger partial charge on any atom is -0.337 e. The Kier molecular flexibility index (Phi) is 3.14. The predicted molar refractivity (Wildman–Crippen MR) is 62.0 cm³/mol. The molecular formula is C11H15N5O. The lowest BCUT2D eigenvalue weighted by molar-refractivity contribution is 0.272. The molecule has 0 fully saturated rings. The zero-order valence-corrected chi connectivity index (χ0v) is 10.1. The summed E-state index contributed by atoms with van der Waals surface area (Å²) < 4.78 is 5.25. The predicted octanol–water partition coefficient (Wildman–Crippen LogP) is 1.37. The molecule has 0 aliphatic carbocycles. The van der Waals surface area contributed by atoms with Crippen molar-refractivity contribution < 1.29 is 4.52 Å². The smallest absolute Gasteiger partial charge is 0.246 e. The first-order valence-electron chi connectivity index (χ1n) is 5.49. The lowest BCUT2D eigenvalue weighted by Gasteiger charge is -2.20. The lowest BCUT2D eigenvalue weighted by atomic mass is 10.1. The Morgan fingerprint density at radius 2 is 2.24 bits per heavy atom. The van der Waals surface area contributed by atoms with E-state index in [2.05, 4.69) is 25.4 Å². The van der Waals surface area contributed by atoms with Gasteiger partial charge in [0.25, 0.3) is 0 Å². The maximum atomic E-state index is 5.25. The van der Waals surface area contributed by atoms with Gasteiger partial charge in [-0.25, -0.2) is 9.97 Å². The Bertz CT molecular complexity index is 480. The Hall–Kier alpha value is -1.82. The van der Waals surface area contributed by atoms with Gasteiger partial charge in [0, 0.05) is 6.20 Å². The molecule has 0 bridgehead atoms. The largest absolute Gasteiger partial charge is 0.337 e. The second-order valence-electron chi connectivity index (χ2n) is 4.17. The molecule has 2 heterocycles. The van der Waals surface area contributed by atoms with Crippen molar-refractivity contribution in [2.45, 2.75) is 26.3 Å². The minimum absolute atomic E-state index is 0.340. The molecule has 0 amide bonds. The summed E-state index contributed by atoms with van der Waals surface area (Å²) in [7, 11) is 0. The summed E-state index contributed by atoms with van der Waals surface area (Å²) in [4.78, 5) is 12.3. The summed E-state index contributed by atoms with van der Waals surface area (Å²) in [6.45, 7) is 6.85. The topological polar surface area (TPSA) is 76.7 Å². The van der Waals surface area contributed by atoms with E-state index < -0.39 is 0 Å². The van der Waals surface area contributed by atoms with Gasteiger partial charge in [-0.3, -0.25) is 0 Å². The Labute approximate surface area is 99.5 Å². The molecule has 90 valence electrons. The number of hydrogen-bond donors (Lipinski definition) is 1. The van der Waals surface area contributed by atoms with Gasteiger partial charge in [-0.1, -0.05) is 12.1 Å². The van der Waals surface area contributed by atoms with Crippen molar-refractivity contribution >= 4 is 0 Å². The Balaban J connectivity index is 2.28. The molecule has 0 unspecified atom stereocenters. The molecule has 2 rings (SSSR count).